The Bertz CT molecular complexity index is 2280. The Labute approximate surface area is 321 Å². The van der Waals surface area contributed by atoms with Gasteiger partial charge < -0.3 is 9.80 Å². The Kier molecular flexibility index (Phi) is 7.76. The average molecular weight is 701 g/mol. The van der Waals surface area contributed by atoms with Crippen LogP contribution in [0.1, 0.15) is 72.2 Å². The second-order valence-electron chi connectivity index (χ2n) is 16.7. The van der Waals surface area contributed by atoms with Gasteiger partial charge in [-0.3, -0.25) is 0 Å². The summed E-state index contributed by atoms with van der Waals surface area (Å²) in [5.41, 5.74) is 22.7. The molecule has 2 heteroatoms. The molecule has 266 valence electrons. The lowest BCUT2D eigenvalue weighted by Gasteiger charge is -2.28. The zero-order valence-electron chi connectivity index (χ0n) is 32.8. The van der Waals surface area contributed by atoms with Crippen molar-refractivity contribution in [2.75, 3.05) is 9.80 Å². The summed E-state index contributed by atoms with van der Waals surface area (Å²) in [6.45, 7) is 18.2. The Balaban J connectivity index is 1.14. The van der Waals surface area contributed by atoms with E-state index in [9.17, 15) is 0 Å². The van der Waals surface area contributed by atoms with Crippen molar-refractivity contribution in [3.8, 4) is 22.3 Å². The summed E-state index contributed by atoms with van der Waals surface area (Å²) < 4.78 is 0. The molecule has 0 heterocycles. The molecule has 0 fully saturated rings. The van der Waals surface area contributed by atoms with Crippen molar-refractivity contribution in [1.82, 2.24) is 0 Å². The summed E-state index contributed by atoms with van der Waals surface area (Å²) in [4.78, 5) is 4.79. The lowest BCUT2D eigenvalue weighted by atomic mass is 9.79. The normalized spacial score (nSPS) is 14.2. The molecule has 0 aromatic heterocycles. The van der Waals surface area contributed by atoms with Crippen LogP contribution in [0, 0.1) is 27.7 Å². The molecule has 9 rings (SSSR count). The molecule has 0 saturated heterocycles. The molecular formula is C52H48N2. The first-order valence-electron chi connectivity index (χ1n) is 19.3. The fourth-order valence-corrected chi connectivity index (χ4v) is 8.89. The standard InChI is InChI=1S/C52H48N2/c1-33-9-17-37(18-10-33)53(38-19-11-34(2)12-20-38)41-25-27-43-45-31-50-46(32-49(45)51(5,6)47(43)29-41)44-28-26-42(30-48(44)52(50,7)8)54(39-21-13-35(3)14-22-39)40-23-15-36(4)16-24-40/h9-32H,1-8H3. The number of hydrogen-bond acceptors (Lipinski definition) is 2. The first-order chi connectivity index (χ1) is 25.9. The zero-order valence-corrected chi connectivity index (χ0v) is 32.8. The average Bonchev–Trinajstić information content (AvgIpc) is 3.52. The molecule has 0 aliphatic heterocycles. The van der Waals surface area contributed by atoms with Crippen molar-refractivity contribution < 1.29 is 0 Å². The lowest BCUT2D eigenvalue weighted by Crippen LogP contribution is -2.18. The molecule has 2 aliphatic rings. The summed E-state index contributed by atoms with van der Waals surface area (Å²) in [5.74, 6) is 0. The number of aryl methyl sites for hydroxylation is 4. The van der Waals surface area contributed by atoms with Crippen molar-refractivity contribution in [3.63, 3.8) is 0 Å². The third kappa shape index (κ3) is 5.38. The van der Waals surface area contributed by atoms with Crippen LogP contribution in [0.4, 0.5) is 34.1 Å². The van der Waals surface area contributed by atoms with E-state index >= 15 is 0 Å². The maximum absolute atomic E-state index is 2.52. The fourth-order valence-electron chi connectivity index (χ4n) is 8.89. The number of hydrogen-bond donors (Lipinski definition) is 0. The SMILES string of the molecule is Cc1ccc(N(c2ccc(C)cc2)c2ccc3c(c2)C(C)(C)c2cc4c(cc2-3)C(C)(C)c2cc(N(c3ccc(C)cc3)c3ccc(C)cc3)ccc2-4)cc1. The minimum absolute atomic E-state index is 0.164. The lowest BCUT2D eigenvalue weighted by molar-refractivity contribution is 0.652. The van der Waals surface area contributed by atoms with Crippen LogP contribution in [0.15, 0.2) is 146 Å². The van der Waals surface area contributed by atoms with E-state index in [0.717, 1.165) is 22.7 Å². The summed E-state index contributed by atoms with van der Waals surface area (Å²) in [5, 5.41) is 0. The molecule has 0 saturated carbocycles. The van der Waals surface area contributed by atoms with Gasteiger partial charge >= 0.3 is 0 Å². The van der Waals surface area contributed by atoms with Gasteiger partial charge in [0, 0.05) is 45.0 Å². The van der Waals surface area contributed by atoms with Gasteiger partial charge in [-0.2, -0.15) is 0 Å². The van der Waals surface area contributed by atoms with E-state index in [1.807, 2.05) is 0 Å². The molecule has 7 aromatic carbocycles. The Hall–Kier alpha value is -5.86. The van der Waals surface area contributed by atoms with Crippen molar-refractivity contribution in [2.24, 2.45) is 0 Å². The molecule has 2 aliphatic carbocycles. The van der Waals surface area contributed by atoms with Crippen LogP contribution in [0.2, 0.25) is 0 Å². The third-order valence-electron chi connectivity index (χ3n) is 12.1. The number of rotatable bonds is 6. The second kappa shape index (κ2) is 12.4. The molecule has 0 N–H and O–H groups in total. The van der Waals surface area contributed by atoms with Gasteiger partial charge in [0.25, 0.3) is 0 Å². The summed E-state index contributed by atoms with van der Waals surface area (Å²) in [6, 6.07) is 54.8. The fraction of sp³-hybridized carbons (Fsp3) is 0.192. The minimum atomic E-state index is -0.164. The molecule has 0 bridgehead atoms. The number of benzene rings is 7. The molecule has 0 unspecified atom stereocenters. The second-order valence-corrected chi connectivity index (χ2v) is 16.7. The number of anilines is 6. The quantitative estimate of drug-likeness (QED) is 0.170. The van der Waals surface area contributed by atoms with E-state index in [-0.39, 0.29) is 10.8 Å². The van der Waals surface area contributed by atoms with Crippen LogP contribution in [0.25, 0.3) is 22.3 Å². The summed E-state index contributed by atoms with van der Waals surface area (Å²) >= 11 is 0. The van der Waals surface area contributed by atoms with Crippen LogP contribution in [0.3, 0.4) is 0 Å². The molecule has 54 heavy (non-hydrogen) atoms. The first-order valence-corrected chi connectivity index (χ1v) is 19.3. The van der Waals surface area contributed by atoms with E-state index in [1.54, 1.807) is 0 Å². The highest BCUT2D eigenvalue weighted by Crippen LogP contribution is 2.57. The van der Waals surface area contributed by atoms with Crippen molar-refractivity contribution >= 4 is 34.1 Å². The first kappa shape index (κ1) is 33.9. The Morgan fingerprint density at radius 3 is 0.796 bits per heavy atom. The van der Waals surface area contributed by atoms with Crippen molar-refractivity contribution in [2.45, 2.75) is 66.2 Å². The third-order valence-corrected chi connectivity index (χ3v) is 12.1. The summed E-state index contributed by atoms with van der Waals surface area (Å²) in [7, 11) is 0. The van der Waals surface area contributed by atoms with Crippen molar-refractivity contribution in [1.29, 1.82) is 0 Å². The zero-order chi connectivity index (χ0) is 37.5. The van der Waals surface area contributed by atoms with Crippen LogP contribution in [-0.4, -0.2) is 0 Å². The van der Waals surface area contributed by atoms with Gasteiger partial charge in [0.1, 0.15) is 0 Å². The van der Waals surface area contributed by atoms with Gasteiger partial charge in [0.15, 0.2) is 0 Å². The molecule has 0 atom stereocenters. The van der Waals surface area contributed by atoms with Gasteiger partial charge in [-0.25, -0.2) is 0 Å². The number of fused-ring (bicyclic) bond motifs is 6. The van der Waals surface area contributed by atoms with Gasteiger partial charge in [-0.1, -0.05) is 111 Å². The molecule has 0 radical (unpaired) electrons. The smallest absolute Gasteiger partial charge is 0.0465 e. The minimum Gasteiger partial charge on any atom is -0.310 e. The predicted molar refractivity (Wildman–Crippen MR) is 230 cm³/mol. The van der Waals surface area contributed by atoms with Crippen LogP contribution >= 0.6 is 0 Å². The Morgan fingerprint density at radius 1 is 0.278 bits per heavy atom. The highest BCUT2D eigenvalue weighted by Gasteiger charge is 2.42. The van der Waals surface area contributed by atoms with Gasteiger partial charge in [-0.15, -0.1) is 0 Å². The molecular weight excluding hydrogens is 653 g/mol. The van der Waals surface area contributed by atoms with Crippen LogP contribution in [0.5, 0.6) is 0 Å². The molecule has 7 aromatic rings. The highest BCUT2D eigenvalue weighted by atomic mass is 15.1. The Morgan fingerprint density at radius 2 is 0.519 bits per heavy atom. The van der Waals surface area contributed by atoms with Gasteiger partial charge in [0.2, 0.25) is 0 Å². The topological polar surface area (TPSA) is 6.48 Å². The van der Waals surface area contributed by atoms with E-state index in [2.05, 4.69) is 211 Å². The van der Waals surface area contributed by atoms with Crippen LogP contribution < -0.4 is 9.80 Å². The number of nitrogens with zero attached hydrogens (tertiary/aromatic N) is 2. The predicted octanol–water partition coefficient (Wildman–Crippen LogP) is 14.5. The highest BCUT2D eigenvalue weighted by molar-refractivity contribution is 5.92. The van der Waals surface area contributed by atoms with E-state index in [0.29, 0.717) is 0 Å². The van der Waals surface area contributed by atoms with E-state index < -0.39 is 0 Å². The van der Waals surface area contributed by atoms with Gasteiger partial charge in [0.05, 0.1) is 0 Å². The largest absolute Gasteiger partial charge is 0.310 e. The molecule has 0 amide bonds. The van der Waals surface area contributed by atoms with Gasteiger partial charge in [-0.05, 0) is 157 Å². The molecule has 2 nitrogen and oxygen atoms in total. The van der Waals surface area contributed by atoms with Crippen molar-refractivity contribution in [3.05, 3.63) is 190 Å². The van der Waals surface area contributed by atoms with E-state index in [1.165, 1.54) is 78.1 Å². The van der Waals surface area contributed by atoms with Crippen LogP contribution in [-0.2, 0) is 10.8 Å². The maximum Gasteiger partial charge on any atom is 0.0465 e. The summed E-state index contributed by atoms with van der Waals surface area (Å²) in [6.07, 6.45) is 0. The maximum atomic E-state index is 2.52. The monoisotopic (exact) mass is 700 g/mol. The van der Waals surface area contributed by atoms with E-state index in [4.69, 9.17) is 0 Å². The molecule has 0 spiro atoms.